The van der Waals surface area contributed by atoms with Crippen molar-refractivity contribution >= 4 is 11.3 Å². The molecule has 0 aliphatic carbocycles. The highest BCUT2D eigenvalue weighted by Crippen LogP contribution is 2.15. The molecule has 0 aliphatic heterocycles. The largest absolute Gasteiger partial charge is 0.384 e. The van der Waals surface area contributed by atoms with Crippen LogP contribution in [-0.4, -0.2) is 55.7 Å². The number of nitrogens with zero attached hydrogens (tertiary/aromatic N) is 2. The maximum Gasteiger partial charge on any atom is 0.104 e. The Morgan fingerprint density at radius 1 is 1.28 bits per heavy atom. The van der Waals surface area contributed by atoms with Gasteiger partial charge >= 0.3 is 0 Å². The topological polar surface area (TPSA) is 26.7 Å². The number of hydrogen-bond donors (Lipinski definition) is 1. The van der Waals surface area contributed by atoms with Gasteiger partial charge in [-0.05, 0) is 46.7 Å². The first kappa shape index (κ1) is 15.2. The van der Waals surface area contributed by atoms with Crippen LogP contribution in [0.3, 0.4) is 0 Å². The summed E-state index contributed by atoms with van der Waals surface area (Å²) in [5.74, 6) is 5.60. The van der Waals surface area contributed by atoms with Crippen LogP contribution in [0.4, 0.5) is 0 Å². The molecule has 0 amide bonds. The minimum atomic E-state index is -0.0738. The molecule has 0 bridgehead atoms. The molecule has 4 heteroatoms. The second-order valence-electron chi connectivity index (χ2n) is 4.66. The second-order valence-corrected chi connectivity index (χ2v) is 5.65. The van der Waals surface area contributed by atoms with Crippen molar-refractivity contribution in [2.45, 2.75) is 13.0 Å². The summed E-state index contributed by atoms with van der Waals surface area (Å²) in [6.07, 6.45) is 1.19. The molecule has 18 heavy (non-hydrogen) atoms. The Bertz CT molecular complexity index is 403. The van der Waals surface area contributed by atoms with Crippen LogP contribution in [0.2, 0.25) is 0 Å². The lowest BCUT2D eigenvalue weighted by atomic mass is 10.3. The van der Waals surface area contributed by atoms with E-state index in [2.05, 4.69) is 48.9 Å². The molecule has 0 atom stereocenters. The van der Waals surface area contributed by atoms with Crippen molar-refractivity contribution < 1.29 is 5.11 Å². The molecule has 1 N–H and O–H groups in total. The summed E-state index contributed by atoms with van der Waals surface area (Å²) < 4.78 is 0. The Balaban J connectivity index is 2.35. The van der Waals surface area contributed by atoms with E-state index < -0.39 is 0 Å². The Hall–Kier alpha value is -0.860. The van der Waals surface area contributed by atoms with Crippen molar-refractivity contribution in [2.24, 2.45) is 0 Å². The fourth-order valence-electron chi connectivity index (χ4n) is 1.67. The Labute approximate surface area is 114 Å². The van der Waals surface area contributed by atoms with Crippen molar-refractivity contribution in [3.05, 3.63) is 21.9 Å². The van der Waals surface area contributed by atoms with Crippen LogP contribution in [0.25, 0.3) is 0 Å². The molecule has 0 saturated carbocycles. The summed E-state index contributed by atoms with van der Waals surface area (Å²) in [7, 11) is 6.35. The van der Waals surface area contributed by atoms with E-state index in [-0.39, 0.29) is 6.61 Å². The predicted octanol–water partition coefficient (Wildman–Crippen LogP) is 1.48. The summed E-state index contributed by atoms with van der Waals surface area (Å²) in [4.78, 5) is 5.87. The van der Waals surface area contributed by atoms with E-state index in [1.165, 1.54) is 11.3 Å². The molecular weight excluding hydrogens is 244 g/mol. The first-order chi connectivity index (χ1) is 8.61. The molecule has 1 aromatic heterocycles. The van der Waals surface area contributed by atoms with Gasteiger partial charge < -0.3 is 14.9 Å². The predicted molar refractivity (Wildman–Crippen MR) is 77.8 cm³/mol. The van der Waals surface area contributed by atoms with Gasteiger partial charge in [0.2, 0.25) is 0 Å². The van der Waals surface area contributed by atoms with E-state index in [0.29, 0.717) is 0 Å². The van der Waals surface area contributed by atoms with Crippen LogP contribution in [0.15, 0.2) is 11.4 Å². The minimum absolute atomic E-state index is 0.0738. The van der Waals surface area contributed by atoms with Gasteiger partial charge in [0.1, 0.15) is 6.61 Å². The monoisotopic (exact) mass is 266 g/mol. The first-order valence-corrected chi connectivity index (χ1v) is 7.00. The summed E-state index contributed by atoms with van der Waals surface area (Å²) in [5, 5.41) is 10.7. The van der Waals surface area contributed by atoms with Crippen molar-refractivity contribution in [1.29, 1.82) is 0 Å². The first-order valence-electron chi connectivity index (χ1n) is 6.12. The molecule has 1 heterocycles. The highest BCUT2D eigenvalue weighted by molar-refractivity contribution is 7.10. The van der Waals surface area contributed by atoms with Crippen LogP contribution in [0, 0.1) is 11.8 Å². The van der Waals surface area contributed by atoms with Gasteiger partial charge in [0.25, 0.3) is 0 Å². The fourth-order valence-corrected chi connectivity index (χ4v) is 2.57. The average Bonchev–Trinajstić information content (AvgIpc) is 2.73. The number of hydrogen-bond acceptors (Lipinski definition) is 4. The van der Waals surface area contributed by atoms with Crippen LogP contribution in [0.5, 0.6) is 0 Å². The molecule has 3 nitrogen and oxygen atoms in total. The molecular formula is C14H22N2OS. The lowest BCUT2D eigenvalue weighted by molar-refractivity contribution is 0.296. The molecule has 0 radical (unpaired) electrons. The molecule has 0 aromatic carbocycles. The summed E-state index contributed by atoms with van der Waals surface area (Å²) >= 11 is 1.73. The highest BCUT2D eigenvalue weighted by Gasteiger charge is 2.03. The zero-order valence-electron chi connectivity index (χ0n) is 11.4. The summed E-state index contributed by atoms with van der Waals surface area (Å²) in [5.41, 5.74) is 1.01. The van der Waals surface area contributed by atoms with Crippen LogP contribution >= 0.6 is 11.3 Å². The van der Waals surface area contributed by atoms with Gasteiger partial charge in [0.15, 0.2) is 0 Å². The lowest BCUT2D eigenvalue weighted by Crippen LogP contribution is -2.23. The van der Waals surface area contributed by atoms with Crippen molar-refractivity contribution in [3.8, 4) is 11.8 Å². The summed E-state index contributed by atoms with van der Waals surface area (Å²) in [6, 6.07) is 2.11. The maximum absolute atomic E-state index is 8.64. The van der Waals surface area contributed by atoms with Gasteiger partial charge in [-0.1, -0.05) is 11.8 Å². The van der Waals surface area contributed by atoms with Gasteiger partial charge in [-0.2, -0.15) is 0 Å². The van der Waals surface area contributed by atoms with Gasteiger partial charge in [0.05, 0.1) is 0 Å². The van der Waals surface area contributed by atoms with Crippen LogP contribution in [0.1, 0.15) is 16.9 Å². The smallest absolute Gasteiger partial charge is 0.104 e. The zero-order valence-corrected chi connectivity index (χ0v) is 12.3. The van der Waals surface area contributed by atoms with Crippen LogP contribution in [-0.2, 0) is 6.54 Å². The van der Waals surface area contributed by atoms with Crippen molar-refractivity contribution in [2.75, 3.05) is 40.8 Å². The molecule has 0 unspecified atom stereocenters. The fraction of sp³-hybridized carbons (Fsp3) is 0.571. The quantitative estimate of drug-likeness (QED) is 0.790. The van der Waals surface area contributed by atoms with Gasteiger partial charge in [0, 0.05) is 22.4 Å². The third kappa shape index (κ3) is 6.18. The van der Waals surface area contributed by atoms with Crippen LogP contribution < -0.4 is 0 Å². The molecule has 0 saturated heterocycles. The van der Waals surface area contributed by atoms with Crippen molar-refractivity contribution in [3.63, 3.8) is 0 Å². The summed E-state index contributed by atoms with van der Waals surface area (Å²) in [6.45, 7) is 3.13. The maximum atomic E-state index is 8.64. The Kier molecular flexibility index (Phi) is 6.99. The molecule has 1 rings (SSSR count). The number of aliphatic hydroxyl groups is 1. The molecule has 1 aromatic rings. The minimum Gasteiger partial charge on any atom is -0.384 e. The van der Waals surface area contributed by atoms with Gasteiger partial charge in [-0.25, -0.2) is 0 Å². The Morgan fingerprint density at radius 2 is 2.06 bits per heavy atom. The van der Waals surface area contributed by atoms with Gasteiger partial charge in [-0.15, -0.1) is 11.3 Å². The van der Waals surface area contributed by atoms with Crippen molar-refractivity contribution in [1.82, 2.24) is 9.80 Å². The van der Waals surface area contributed by atoms with E-state index in [0.717, 1.165) is 25.2 Å². The van der Waals surface area contributed by atoms with E-state index >= 15 is 0 Å². The van der Waals surface area contributed by atoms with E-state index in [1.807, 2.05) is 5.38 Å². The number of rotatable bonds is 6. The molecule has 100 valence electrons. The molecule has 0 fully saturated rings. The standard InChI is InChI=1S/C14H22N2OS/c1-15(2)7-5-8-16(3)11-14-10-13(12-18-14)6-4-9-17/h10,12,17H,5,7-9,11H2,1-3H3. The average molecular weight is 266 g/mol. The lowest BCUT2D eigenvalue weighted by Gasteiger charge is -2.17. The van der Waals surface area contributed by atoms with E-state index in [1.54, 1.807) is 11.3 Å². The molecule has 0 aliphatic rings. The van der Waals surface area contributed by atoms with E-state index in [4.69, 9.17) is 5.11 Å². The number of aliphatic hydroxyl groups excluding tert-OH is 1. The highest BCUT2D eigenvalue weighted by atomic mass is 32.1. The Morgan fingerprint density at radius 3 is 2.72 bits per heavy atom. The second kappa shape index (κ2) is 8.28. The van der Waals surface area contributed by atoms with E-state index in [9.17, 15) is 0 Å². The SMILES string of the molecule is CN(C)CCCN(C)Cc1cc(C#CCO)cs1. The third-order valence-corrected chi connectivity index (χ3v) is 3.46. The van der Waals surface area contributed by atoms with Gasteiger partial charge in [-0.3, -0.25) is 0 Å². The zero-order chi connectivity index (χ0) is 13.4. The normalized spacial score (nSPS) is 10.8. The molecule has 0 spiro atoms. The number of thiophene rings is 1. The third-order valence-electron chi connectivity index (χ3n) is 2.54.